The third-order valence-electron chi connectivity index (χ3n) is 3.62. The zero-order valence-corrected chi connectivity index (χ0v) is 9.24. The van der Waals surface area contributed by atoms with Crippen molar-refractivity contribution in [3.8, 4) is 0 Å². The molecule has 0 aromatic heterocycles. The number of hydrogen-bond donors (Lipinski definition) is 2. The summed E-state index contributed by atoms with van der Waals surface area (Å²) in [4.78, 5) is 0. The van der Waals surface area contributed by atoms with Gasteiger partial charge in [-0.2, -0.15) is 0 Å². The molecule has 1 atom stereocenters. The second kappa shape index (κ2) is 3.86. The quantitative estimate of drug-likeness (QED) is 0.729. The molecule has 1 unspecified atom stereocenters. The maximum absolute atomic E-state index is 10.6. The Morgan fingerprint density at radius 3 is 2.60 bits per heavy atom. The summed E-state index contributed by atoms with van der Waals surface area (Å²) in [7, 11) is 0. The lowest BCUT2D eigenvalue weighted by molar-refractivity contribution is -0.00327. The monoisotopic (exact) mass is 205 g/mol. The van der Waals surface area contributed by atoms with Crippen molar-refractivity contribution < 1.29 is 5.11 Å². The highest BCUT2D eigenvalue weighted by Gasteiger charge is 2.35. The average Bonchev–Trinajstić information content (AvgIpc) is 2.71. The number of hydrogen-bond acceptors (Lipinski definition) is 2. The summed E-state index contributed by atoms with van der Waals surface area (Å²) in [6, 6.07) is 7.62. The van der Waals surface area contributed by atoms with Crippen molar-refractivity contribution in [2.75, 3.05) is 5.73 Å². The van der Waals surface area contributed by atoms with Crippen molar-refractivity contribution in [1.82, 2.24) is 0 Å². The Hall–Kier alpha value is -1.02. The molecule has 15 heavy (non-hydrogen) atoms. The van der Waals surface area contributed by atoms with Crippen LogP contribution in [0.1, 0.15) is 38.2 Å². The highest BCUT2D eigenvalue weighted by Crippen LogP contribution is 2.40. The van der Waals surface area contributed by atoms with E-state index < -0.39 is 5.60 Å². The summed E-state index contributed by atoms with van der Waals surface area (Å²) in [6.07, 6.45) is 4.73. The number of rotatable bonds is 2. The Kier molecular flexibility index (Phi) is 2.70. The van der Waals surface area contributed by atoms with Crippen LogP contribution in [-0.2, 0) is 5.60 Å². The fourth-order valence-electron chi connectivity index (χ4n) is 2.58. The van der Waals surface area contributed by atoms with Crippen LogP contribution in [0.25, 0.3) is 0 Å². The SMILES string of the molecule is CC(O)(c1cccc(N)c1)C1CCCC1. The molecule has 2 rings (SSSR count). The molecule has 82 valence electrons. The fraction of sp³-hybridized carbons (Fsp3) is 0.538. The van der Waals surface area contributed by atoms with Crippen LogP contribution in [0.5, 0.6) is 0 Å². The largest absolute Gasteiger partial charge is 0.399 e. The summed E-state index contributed by atoms with van der Waals surface area (Å²) < 4.78 is 0. The van der Waals surface area contributed by atoms with Gasteiger partial charge in [-0.25, -0.2) is 0 Å². The van der Waals surface area contributed by atoms with Gasteiger partial charge in [0, 0.05) is 5.69 Å². The van der Waals surface area contributed by atoms with E-state index in [2.05, 4.69) is 0 Å². The van der Waals surface area contributed by atoms with Crippen LogP contribution in [0.2, 0.25) is 0 Å². The molecule has 0 heterocycles. The van der Waals surface area contributed by atoms with Gasteiger partial charge < -0.3 is 10.8 Å². The summed E-state index contributed by atoms with van der Waals surface area (Å²) in [5.41, 5.74) is 6.71. The Balaban J connectivity index is 2.27. The van der Waals surface area contributed by atoms with E-state index in [1.165, 1.54) is 12.8 Å². The zero-order chi connectivity index (χ0) is 10.9. The summed E-state index contributed by atoms with van der Waals surface area (Å²) >= 11 is 0. The van der Waals surface area contributed by atoms with Gasteiger partial charge >= 0.3 is 0 Å². The van der Waals surface area contributed by atoms with Crippen molar-refractivity contribution in [2.24, 2.45) is 5.92 Å². The molecule has 0 saturated heterocycles. The van der Waals surface area contributed by atoms with E-state index in [1.54, 1.807) is 0 Å². The van der Waals surface area contributed by atoms with Crippen molar-refractivity contribution >= 4 is 5.69 Å². The van der Waals surface area contributed by atoms with Gasteiger partial charge in [-0.1, -0.05) is 25.0 Å². The molecular formula is C13H19NO. The predicted octanol–water partition coefficient (Wildman–Crippen LogP) is 2.67. The van der Waals surface area contributed by atoms with Crippen molar-refractivity contribution in [3.05, 3.63) is 29.8 Å². The van der Waals surface area contributed by atoms with Crippen molar-refractivity contribution in [1.29, 1.82) is 0 Å². The predicted molar refractivity (Wildman–Crippen MR) is 62.4 cm³/mol. The minimum Gasteiger partial charge on any atom is -0.399 e. The first-order valence-electron chi connectivity index (χ1n) is 5.69. The maximum Gasteiger partial charge on any atom is 0.0897 e. The van der Waals surface area contributed by atoms with Crippen LogP contribution in [0.3, 0.4) is 0 Å². The lowest BCUT2D eigenvalue weighted by Crippen LogP contribution is -2.30. The molecule has 2 nitrogen and oxygen atoms in total. The van der Waals surface area contributed by atoms with Gasteiger partial charge in [0.05, 0.1) is 5.60 Å². The summed E-state index contributed by atoms with van der Waals surface area (Å²) in [6.45, 7) is 1.91. The molecule has 0 aliphatic heterocycles. The Morgan fingerprint density at radius 1 is 1.33 bits per heavy atom. The smallest absolute Gasteiger partial charge is 0.0897 e. The molecule has 1 fully saturated rings. The summed E-state index contributed by atoms with van der Waals surface area (Å²) in [5, 5.41) is 10.6. The molecular weight excluding hydrogens is 186 g/mol. The van der Waals surface area contributed by atoms with Crippen LogP contribution in [0.4, 0.5) is 5.69 Å². The van der Waals surface area contributed by atoms with Gasteiger partial charge in [0.15, 0.2) is 0 Å². The van der Waals surface area contributed by atoms with Gasteiger partial charge in [-0.15, -0.1) is 0 Å². The van der Waals surface area contributed by atoms with Crippen LogP contribution in [0, 0.1) is 5.92 Å². The lowest BCUT2D eigenvalue weighted by atomic mass is 9.82. The molecule has 0 amide bonds. The normalized spacial score (nSPS) is 21.5. The third kappa shape index (κ3) is 2.00. The van der Waals surface area contributed by atoms with Gasteiger partial charge in [-0.05, 0) is 43.4 Å². The van der Waals surface area contributed by atoms with E-state index in [0.29, 0.717) is 5.92 Å². The van der Waals surface area contributed by atoms with Crippen LogP contribution >= 0.6 is 0 Å². The minimum atomic E-state index is -0.716. The summed E-state index contributed by atoms with van der Waals surface area (Å²) in [5.74, 6) is 0.388. The van der Waals surface area contributed by atoms with Crippen molar-refractivity contribution in [3.63, 3.8) is 0 Å². The van der Waals surface area contributed by atoms with Crippen LogP contribution in [0.15, 0.2) is 24.3 Å². The average molecular weight is 205 g/mol. The van der Waals surface area contributed by atoms with E-state index in [9.17, 15) is 5.11 Å². The maximum atomic E-state index is 10.6. The van der Waals surface area contributed by atoms with Crippen LogP contribution < -0.4 is 5.73 Å². The molecule has 1 aromatic carbocycles. The second-order valence-corrected chi connectivity index (χ2v) is 4.75. The first-order chi connectivity index (χ1) is 7.10. The lowest BCUT2D eigenvalue weighted by Gasteiger charge is -2.30. The molecule has 0 radical (unpaired) electrons. The third-order valence-corrected chi connectivity index (χ3v) is 3.62. The topological polar surface area (TPSA) is 46.2 Å². The molecule has 1 saturated carbocycles. The number of nitrogens with two attached hydrogens (primary N) is 1. The van der Waals surface area contributed by atoms with Gasteiger partial charge in [-0.3, -0.25) is 0 Å². The minimum absolute atomic E-state index is 0.388. The Morgan fingerprint density at radius 2 is 2.00 bits per heavy atom. The van der Waals surface area contributed by atoms with Gasteiger partial charge in [0.25, 0.3) is 0 Å². The van der Waals surface area contributed by atoms with E-state index in [0.717, 1.165) is 24.1 Å². The second-order valence-electron chi connectivity index (χ2n) is 4.75. The first kappa shape index (κ1) is 10.5. The van der Waals surface area contributed by atoms with E-state index in [-0.39, 0.29) is 0 Å². The number of aliphatic hydroxyl groups is 1. The molecule has 1 aliphatic rings. The molecule has 0 spiro atoms. The Bertz CT molecular complexity index is 340. The number of anilines is 1. The van der Waals surface area contributed by atoms with E-state index in [4.69, 9.17) is 5.73 Å². The fourth-order valence-corrected chi connectivity index (χ4v) is 2.58. The standard InChI is InChI=1S/C13H19NO/c1-13(15,10-5-2-3-6-10)11-7-4-8-12(14)9-11/h4,7-10,15H,2-3,5-6,14H2,1H3. The molecule has 1 aromatic rings. The first-order valence-corrected chi connectivity index (χ1v) is 5.69. The van der Waals surface area contributed by atoms with Gasteiger partial charge in [0.1, 0.15) is 0 Å². The van der Waals surface area contributed by atoms with Crippen LogP contribution in [-0.4, -0.2) is 5.11 Å². The molecule has 3 N–H and O–H groups in total. The van der Waals surface area contributed by atoms with Crippen molar-refractivity contribution in [2.45, 2.75) is 38.2 Å². The van der Waals surface area contributed by atoms with Gasteiger partial charge in [0.2, 0.25) is 0 Å². The molecule has 2 heteroatoms. The van der Waals surface area contributed by atoms with E-state index >= 15 is 0 Å². The molecule has 1 aliphatic carbocycles. The Labute approximate surface area is 91.1 Å². The number of benzene rings is 1. The highest BCUT2D eigenvalue weighted by molar-refractivity contribution is 5.42. The zero-order valence-electron chi connectivity index (χ0n) is 9.24. The number of nitrogen functional groups attached to an aromatic ring is 1. The van der Waals surface area contributed by atoms with E-state index in [1.807, 2.05) is 31.2 Å². The highest BCUT2D eigenvalue weighted by atomic mass is 16.3. The molecule has 0 bridgehead atoms.